The first-order valence-corrected chi connectivity index (χ1v) is 16.4. The van der Waals surface area contributed by atoms with Crippen LogP contribution >= 0.6 is 23.4 Å². The summed E-state index contributed by atoms with van der Waals surface area (Å²) in [5, 5.41) is 12.5. The van der Waals surface area contributed by atoms with Crippen LogP contribution in [0.25, 0.3) is 0 Å². The van der Waals surface area contributed by atoms with Crippen LogP contribution in [-0.4, -0.2) is 51.2 Å². The number of allylic oxidation sites excluding steroid dienone is 1. The van der Waals surface area contributed by atoms with Crippen LogP contribution in [0.1, 0.15) is 48.9 Å². The number of rotatable bonds is 9. The number of hydrogen-bond donors (Lipinski definition) is 2. The molecule has 0 radical (unpaired) electrons. The second-order valence-electron chi connectivity index (χ2n) is 11.2. The number of nitrogens with one attached hydrogen (secondary N) is 2. The predicted molar refractivity (Wildman–Crippen MR) is 178 cm³/mol. The molecule has 1 unspecified atom stereocenters. The lowest BCUT2D eigenvalue weighted by atomic mass is 9.95. The van der Waals surface area contributed by atoms with Crippen molar-refractivity contribution in [1.29, 1.82) is 0 Å². The first kappa shape index (κ1) is 30.7. The molecule has 11 heteroatoms. The molecule has 4 aromatic rings. The molecule has 0 bridgehead atoms. The molecular weight excluding hydrogens is 608 g/mol. The number of carbonyl (C=O) groups excluding carboxylic acids is 2. The molecule has 2 N–H and O–H groups in total. The van der Waals surface area contributed by atoms with Gasteiger partial charge in [0.1, 0.15) is 11.8 Å². The largest absolute Gasteiger partial charge is 0.484 e. The average Bonchev–Trinajstić information content (AvgIpc) is 3.45. The number of aryl methyl sites for hydroxylation is 1. The molecule has 0 aliphatic carbocycles. The van der Waals surface area contributed by atoms with Gasteiger partial charge >= 0.3 is 0 Å². The van der Waals surface area contributed by atoms with Crippen molar-refractivity contribution < 1.29 is 14.3 Å². The van der Waals surface area contributed by atoms with E-state index in [9.17, 15) is 9.59 Å². The minimum Gasteiger partial charge on any atom is -0.484 e. The summed E-state index contributed by atoms with van der Waals surface area (Å²) in [6, 6.07) is 22.3. The Hall–Kier alpha value is -4.28. The number of ether oxygens (including phenoxy) is 1. The zero-order valence-corrected chi connectivity index (χ0v) is 26.8. The van der Waals surface area contributed by atoms with E-state index in [1.807, 2.05) is 91.5 Å². The molecule has 3 heterocycles. The van der Waals surface area contributed by atoms with Crippen molar-refractivity contribution in [3.8, 4) is 5.75 Å². The third kappa shape index (κ3) is 7.18. The van der Waals surface area contributed by atoms with E-state index in [0.717, 1.165) is 49.0 Å². The lowest BCUT2D eigenvalue weighted by Gasteiger charge is -2.29. The van der Waals surface area contributed by atoms with Crippen LogP contribution in [0.2, 0.25) is 5.02 Å². The lowest BCUT2D eigenvalue weighted by molar-refractivity contribution is -0.134. The number of likely N-dealkylation sites (tertiary alicyclic amines) is 1. The number of hydrogen-bond acceptors (Lipinski definition) is 7. The highest BCUT2D eigenvalue weighted by Gasteiger charge is 2.34. The van der Waals surface area contributed by atoms with Crippen LogP contribution in [0.15, 0.2) is 89.2 Å². The molecule has 0 spiro atoms. The molecule has 1 aromatic heterocycles. The number of nitrogens with zero attached hydrogens (tertiary/aromatic N) is 4. The maximum Gasteiger partial charge on any atom is 0.260 e. The maximum absolute atomic E-state index is 13.9. The maximum atomic E-state index is 13.9. The van der Waals surface area contributed by atoms with Gasteiger partial charge in [-0.3, -0.25) is 9.59 Å². The van der Waals surface area contributed by atoms with Crippen molar-refractivity contribution in [3.05, 3.63) is 106 Å². The van der Waals surface area contributed by atoms with Crippen molar-refractivity contribution in [1.82, 2.24) is 19.7 Å². The second kappa shape index (κ2) is 13.8. The standard InChI is InChI=1S/C34H35ClN6O3S/c1-22-9-8-11-26(19-22)37-32(43)30-23(2)36-33-38-34(45-21-25-10-4-5-12-28(25)35)39-41(33)31(30)24-13-15-27(16-14-24)44-20-29(42)40-17-6-3-7-18-40/h4-5,8-16,19,31H,3,6-7,17-18,20-21H2,1-2H3,(H,37,43)(H,36,38,39). The number of anilines is 2. The molecule has 3 aromatic carbocycles. The van der Waals surface area contributed by atoms with Gasteiger partial charge in [0, 0.05) is 35.2 Å². The fourth-order valence-corrected chi connectivity index (χ4v) is 6.71. The van der Waals surface area contributed by atoms with Gasteiger partial charge < -0.3 is 20.3 Å². The lowest BCUT2D eigenvalue weighted by Crippen LogP contribution is -2.38. The number of thioether (sulfide) groups is 1. The fourth-order valence-electron chi connectivity index (χ4n) is 5.60. The van der Waals surface area contributed by atoms with Gasteiger partial charge in [-0.25, -0.2) is 4.68 Å². The summed E-state index contributed by atoms with van der Waals surface area (Å²) >= 11 is 7.86. The normalized spacial score (nSPS) is 16.2. The average molecular weight is 643 g/mol. The van der Waals surface area contributed by atoms with Gasteiger partial charge in [-0.1, -0.05) is 65.8 Å². The van der Waals surface area contributed by atoms with Crippen molar-refractivity contribution >= 4 is 46.8 Å². The van der Waals surface area contributed by atoms with E-state index in [1.54, 1.807) is 4.68 Å². The molecule has 1 fully saturated rings. The fraction of sp³-hybridized carbons (Fsp3) is 0.294. The smallest absolute Gasteiger partial charge is 0.260 e. The van der Waals surface area contributed by atoms with E-state index in [2.05, 4.69) is 10.6 Å². The summed E-state index contributed by atoms with van der Waals surface area (Å²) in [6.07, 6.45) is 3.23. The minimum absolute atomic E-state index is 0.000118. The SMILES string of the molecule is CC1=C(C(=O)Nc2cccc(C)c2)C(c2ccc(OCC(=O)N3CCCCC3)cc2)n2nc(SCc3ccccc3Cl)nc2N1. The number of aromatic nitrogens is 3. The summed E-state index contributed by atoms with van der Waals surface area (Å²) in [6.45, 7) is 5.42. The number of fused-ring (bicyclic) bond motifs is 1. The van der Waals surface area contributed by atoms with Gasteiger partial charge in [0.15, 0.2) is 6.61 Å². The first-order valence-electron chi connectivity index (χ1n) is 15.0. The molecule has 9 nitrogen and oxygen atoms in total. The number of amides is 2. The highest BCUT2D eigenvalue weighted by molar-refractivity contribution is 7.98. The molecule has 6 rings (SSSR count). The molecule has 1 atom stereocenters. The Morgan fingerprint density at radius 1 is 1.02 bits per heavy atom. The van der Waals surface area contributed by atoms with Crippen LogP contribution in [0.5, 0.6) is 5.75 Å². The molecule has 232 valence electrons. The summed E-state index contributed by atoms with van der Waals surface area (Å²) in [7, 11) is 0. The molecule has 0 saturated carbocycles. The van der Waals surface area contributed by atoms with Gasteiger partial charge in [0.2, 0.25) is 11.1 Å². The summed E-state index contributed by atoms with van der Waals surface area (Å²) in [4.78, 5) is 33.1. The van der Waals surface area contributed by atoms with Crippen molar-refractivity contribution in [2.75, 3.05) is 30.3 Å². The van der Waals surface area contributed by atoms with Gasteiger partial charge in [-0.05, 0) is 80.1 Å². The highest BCUT2D eigenvalue weighted by atomic mass is 35.5. The van der Waals surface area contributed by atoms with E-state index in [4.69, 9.17) is 26.4 Å². The number of benzene rings is 3. The topological polar surface area (TPSA) is 101 Å². The summed E-state index contributed by atoms with van der Waals surface area (Å²) in [5.74, 6) is 1.48. The van der Waals surface area contributed by atoms with Gasteiger partial charge in [-0.2, -0.15) is 4.98 Å². The van der Waals surface area contributed by atoms with Crippen molar-refractivity contribution in [3.63, 3.8) is 0 Å². The van der Waals surface area contributed by atoms with Crippen LogP contribution < -0.4 is 15.4 Å². The number of piperidine rings is 1. The second-order valence-corrected chi connectivity index (χ2v) is 12.6. The van der Waals surface area contributed by atoms with Crippen LogP contribution in [0.3, 0.4) is 0 Å². The summed E-state index contributed by atoms with van der Waals surface area (Å²) in [5.41, 5.74) is 4.77. The predicted octanol–water partition coefficient (Wildman–Crippen LogP) is 6.85. The third-order valence-corrected chi connectivity index (χ3v) is 9.19. The van der Waals surface area contributed by atoms with E-state index >= 15 is 0 Å². The van der Waals surface area contributed by atoms with E-state index in [-0.39, 0.29) is 18.4 Å². The van der Waals surface area contributed by atoms with Gasteiger partial charge in [0.25, 0.3) is 11.8 Å². The quantitative estimate of drug-likeness (QED) is 0.193. The Balaban J connectivity index is 1.26. The number of carbonyl (C=O) groups is 2. The Bertz CT molecular complexity index is 1730. The van der Waals surface area contributed by atoms with Gasteiger partial charge in [0.05, 0.1) is 5.57 Å². The molecule has 45 heavy (non-hydrogen) atoms. The molecule has 1 saturated heterocycles. The zero-order chi connectivity index (χ0) is 31.3. The van der Waals surface area contributed by atoms with Crippen LogP contribution in [0.4, 0.5) is 11.6 Å². The third-order valence-electron chi connectivity index (χ3n) is 7.94. The Kier molecular flexibility index (Phi) is 9.42. The monoisotopic (exact) mass is 642 g/mol. The Morgan fingerprint density at radius 2 is 1.80 bits per heavy atom. The summed E-state index contributed by atoms with van der Waals surface area (Å²) < 4.78 is 7.62. The highest BCUT2D eigenvalue weighted by Crippen LogP contribution is 2.38. The van der Waals surface area contributed by atoms with E-state index < -0.39 is 6.04 Å². The Morgan fingerprint density at radius 3 is 2.56 bits per heavy atom. The van der Waals surface area contributed by atoms with Crippen molar-refractivity contribution in [2.45, 2.75) is 50.1 Å². The molecule has 2 aliphatic rings. The van der Waals surface area contributed by atoms with Crippen molar-refractivity contribution in [2.24, 2.45) is 0 Å². The van der Waals surface area contributed by atoms with Crippen LogP contribution in [-0.2, 0) is 15.3 Å². The first-order chi connectivity index (χ1) is 21.9. The zero-order valence-electron chi connectivity index (χ0n) is 25.3. The number of halogens is 1. The van der Waals surface area contributed by atoms with E-state index in [0.29, 0.717) is 44.6 Å². The van der Waals surface area contributed by atoms with Gasteiger partial charge in [-0.15, -0.1) is 5.10 Å². The molecule has 2 amide bonds. The van der Waals surface area contributed by atoms with E-state index in [1.165, 1.54) is 11.8 Å². The minimum atomic E-state index is -0.558. The molecular formula is C34H35ClN6O3S. The van der Waals surface area contributed by atoms with Crippen LogP contribution in [0, 0.1) is 6.92 Å². The Labute approximate surface area is 272 Å². The molecule has 2 aliphatic heterocycles.